The van der Waals surface area contributed by atoms with Gasteiger partial charge in [0.25, 0.3) is 0 Å². The summed E-state index contributed by atoms with van der Waals surface area (Å²) in [6, 6.07) is 26.7. The van der Waals surface area contributed by atoms with Crippen LogP contribution in [0.15, 0.2) is 121 Å². The van der Waals surface area contributed by atoms with Crippen molar-refractivity contribution in [1.82, 2.24) is 5.43 Å². The summed E-state index contributed by atoms with van der Waals surface area (Å²) in [5, 5.41) is 5.51. The predicted molar refractivity (Wildman–Crippen MR) is 238 cm³/mol. The van der Waals surface area contributed by atoms with E-state index in [9.17, 15) is 9.59 Å². The number of carbonyl (C=O) groups is 2. The highest BCUT2D eigenvalue weighted by Crippen LogP contribution is 2.44. The monoisotopic (exact) mass is 810 g/mol. The second-order valence-corrected chi connectivity index (χ2v) is 14.8. The zero-order chi connectivity index (χ0) is 41.9. The van der Waals surface area contributed by atoms with E-state index in [2.05, 4.69) is 104 Å². The number of carbonyl (C=O) groups excluding carboxylic acids is 2. The number of fused-ring (bicyclic) bond motifs is 1. The topological polar surface area (TPSA) is 92.7 Å². The molecule has 10 heteroatoms. The molecular weight excluding hydrogens is 760 g/mol. The van der Waals surface area contributed by atoms with E-state index >= 15 is 0 Å². The summed E-state index contributed by atoms with van der Waals surface area (Å²) in [7, 11) is 0. The van der Waals surface area contributed by atoms with Crippen molar-refractivity contribution in [3.8, 4) is 28.7 Å². The van der Waals surface area contributed by atoms with Gasteiger partial charge in [-0.15, -0.1) is 0 Å². The quantitative estimate of drug-likeness (QED) is 0.0443. The highest BCUT2D eigenvalue weighted by atomic mass is 35.5. The third kappa shape index (κ3) is 10.4. The first-order chi connectivity index (χ1) is 28.6. The molecule has 1 saturated carbocycles. The second-order valence-electron chi connectivity index (χ2n) is 14.4. The summed E-state index contributed by atoms with van der Waals surface area (Å²) in [6.07, 6.45) is 6.42. The highest BCUT2D eigenvalue weighted by molar-refractivity contribution is 6.31. The molecule has 1 fully saturated rings. The summed E-state index contributed by atoms with van der Waals surface area (Å²) < 4.78 is 16.4. The fourth-order valence-electron chi connectivity index (χ4n) is 7.56. The Bertz CT molecular complexity index is 2320. The first-order valence-electron chi connectivity index (χ1n) is 20.1. The molecule has 9 nitrogen and oxygen atoms in total. The van der Waals surface area contributed by atoms with Gasteiger partial charge in [0.2, 0.25) is 0 Å². The fraction of sp³-hybridized carbons (Fsp3) is 0.286. The minimum Gasteiger partial charge on any atom is -0.493 e. The van der Waals surface area contributed by atoms with Crippen molar-refractivity contribution in [2.45, 2.75) is 65.4 Å². The van der Waals surface area contributed by atoms with Crippen molar-refractivity contribution in [2.24, 2.45) is 5.10 Å². The summed E-state index contributed by atoms with van der Waals surface area (Å²) >= 11 is 6.86. The molecule has 304 valence electrons. The molecule has 1 N–H and O–H groups in total. The molecule has 4 aromatic rings. The molecule has 4 aromatic carbocycles. The van der Waals surface area contributed by atoms with E-state index in [1.165, 1.54) is 28.3 Å². The number of nitrogens with zero attached hydrogens (tertiary/aromatic N) is 3. The summed E-state index contributed by atoms with van der Waals surface area (Å²) in [4.78, 5) is 28.0. The normalized spacial score (nSPS) is 17.2. The lowest BCUT2D eigenvalue weighted by atomic mass is 9.80. The van der Waals surface area contributed by atoms with Gasteiger partial charge in [0.05, 0.1) is 35.8 Å². The van der Waals surface area contributed by atoms with Crippen LogP contribution in [0.4, 0.5) is 11.4 Å². The minimum absolute atomic E-state index is 0.0497. The van der Waals surface area contributed by atoms with E-state index in [0.29, 0.717) is 42.2 Å². The SMILES string of the molecule is C=CC(=O)OCCCOc1ccc(C#Cc2ccc(C3CCC(OC(=O)C=C)C/C3=N\N/C=C3\N(CC)c4ccc(-c5ccc(C)cc5C)cc4N3CC)cc2Cl)cc1. The van der Waals surface area contributed by atoms with Crippen molar-refractivity contribution in [1.29, 1.82) is 0 Å². The molecule has 0 bridgehead atoms. The summed E-state index contributed by atoms with van der Waals surface area (Å²) in [5.41, 5.74) is 13.9. The molecule has 2 aliphatic rings. The van der Waals surface area contributed by atoms with Crippen molar-refractivity contribution < 1.29 is 23.8 Å². The van der Waals surface area contributed by atoms with Gasteiger partial charge in [-0.05, 0) is 111 Å². The molecule has 0 aromatic heterocycles. The number of aryl methyl sites for hydroxylation is 2. The molecule has 0 radical (unpaired) electrons. The van der Waals surface area contributed by atoms with Gasteiger partial charge in [-0.1, -0.05) is 72.5 Å². The van der Waals surface area contributed by atoms with E-state index in [4.69, 9.17) is 30.9 Å². The van der Waals surface area contributed by atoms with Crippen LogP contribution in [0.3, 0.4) is 0 Å². The Kier molecular flexibility index (Phi) is 14.3. The summed E-state index contributed by atoms with van der Waals surface area (Å²) in [5.74, 6) is 7.17. The van der Waals surface area contributed by atoms with E-state index in [0.717, 1.165) is 59.6 Å². The molecular formula is C49H51ClN4O5. The minimum atomic E-state index is -0.444. The number of halogens is 1. The largest absolute Gasteiger partial charge is 0.493 e. The van der Waals surface area contributed by atoms with Crippen LogP contribution in [0.1, 0.15) is 73.3 Å². The van der Waals surface area contributed by atoms with Gasteiger partial charge in [0, 0.05) is 60.8 Å². The van der Waals surface area contributed by atoms with E-state index < -0.39 is 11.9 Å². The maximum atomic E-state index is 12.2. The number of nitrogens with one attached hydrogen (secondary N) is 1. The van der Waals surface area contributed by atoms with Gasteiger partial charge in [0.15, 0.2) is 0 Å². The van der Waals surface area contributed by atoms with E-state index in [1.54, 1.807) is 0 Å². The number of hydrogen-bond donors (Lipinski definition) is 1. The third-order valence-corrected chi connectivity index (χ3v) is 10.8. The Morgan fingerprint density at radius 1 is 0.881 bits per heavy atom. The third-order valence-electron chi connectivity index (χ3n) is 10.5. The van der Waals surface area contributed by atoms with Crippen LogP contribution in [-0.4, -0.2) is 50.1 Å². The van der Waals surface area contributed by atoms with Gasteiger partial charge in [-0.2, -0.15) is 5.10 Å². The van der Waals surface area contributed by atoms with Crippen LogP contribution in [0.25, 0.3) is 11.1 Å². The number of esters is 2. The molecule has 6 rings (SSSR count). The molecule has 0 amide bonds. The smallest absolute Gasteiger partial charge is 0.330 e. The first kappa shape index (κ1) is 42.4. The lowest BCUT2D eigenvalue weighted by Gasteiger charge is -2.30. The van der Waals surface area contributed by atoms with Crippen LogP contribution >= 0.6 is 11.6 Å². The Morgan fingerprint density at radius 2 is 1.64 bits per heavy atom. The van der Waals surface area contributed by atoms with Gasteiger partial charge in [0.1, 0.15) is 17.7 Å². The Balaban J connectivity index is 1.18. The van der Waals surface area contributed by atoms with Gasteiger partial charge in [-0.3, -0.25) is 5.43 Å². The molecule has 1 aliphatic carbocycles. The Hall–Kier alpha value is -6.24. The van der Waals surface area contributed by atoms with Crippen LogP contribution in [0, 0.1) is 25.7 Å². The van der Waals surface area contributed by atoms with Crippen molar-refractivity contribution >= 4 is 40.6 Å². The van der Waals surface area contributed by atoms with Crippen LogP contribution in [-0.2, 0) is 19.1 Å². The summed E-state index contributed by atoms with van der Waals surface area (Å²) in [6.45, 7) is 17.8. The van der Waals surface area contributed by atoms with Gasteiger partial charge in [-0.25, -0.2) is 9.59 Å². The molecule has 0 spiro atoms. The fourth-order valence-corrected chi connectivity index (χ4v) is 7.79. The number of anilines is 2. The molecule has 2 unspecified atom stereocenters. The Labute approximate surface area is 353 Å². The lowest BCUT2D eigenvalue weighted by Crippen LogP contribution is -2.32. The zero-order valence-corrected chi connectivity index (χ0v) is 35.0. The molecule has 1 heterocycles. The maximum Gasteiger partial charge on any atom is 0.330 e. The second kappa shape index (κ2) is 20.0. The van der Waals surface area contributed by atoms with E-state index in [1.807, 2.05) is 48.7 Å². The van der Waals surface area contributed by atoms with Crippen LogP contribution in [0.5, 0.6) is 5.75 Å². The van der Waals surface area contributed by atoms with Crippen molar-refractivity contribution in [3.63, 3.8) is 0 Å². The maximum absolute atomic E-state index is 12.2. The standard InChI is InChI=1S/C49H51ClN4O5/c1-7-48(55)58-27-11-26-57-39-20-14-35(15-21-39)13-16-36-17-18-37(29-43(36)50)42-24-22-40(59-49(56)8-2)31-44(42)52-51-32-47-53(9-3)45-25-19-38(30-46(45)54(47)10-4)41-23-12-33(5)28-34(41)6/h7-8,12,14-15,17-21,23,25,28-30,32,40,42,51H,1-2,9-11,22,24,26-27,31H2,3-6H3/b47-32+,52-44+. The number of benzene rings is 4. The van der Waals surface area contributed by atoms with Crippen LogP contribution < -0.4 is 20.0 Å². The average molecular weight is 811 g/mol. The van der Waals surface area contributed by atoms with Gasteiger partial charge >= 0.3 is 11.9 Å². The number of hydrazone groups is 1. The molecule has 1 aliphatic heterocycles. The average Bonchev–Trinajstić information content (AvgIpc) is 3.54. The predicted octanol–water partition coefficient (Wildman–Crippen LogP) is 10.00. The molecule has 59 heavy (non-hydrogen) atoms. The molecule has 2 atom stereocenters. The van der Waals surface area contributed by atoms with Crippen molar-refractivity contribution in [2.75, 3.05) is 36.1 Å². The van der Waals surface area contributed by atoms with Crippen molar-refractivity contribution in [3.05, 3.63) is 149 Å². The lowest BCUT2D eigenvalue weighted by molar-refractivity contribution is -0.143. The van der Waals surface area contributed by atoms with Gasteiger partial charge < -0.3 is 24.0 Å². The number of ether oxygens (including phenoxy) is 3. The number of hydrogen-bond acceptors (Lipinski definition) is 9. The van der Waals surface area contributed by atoms with Crippen LogP contribution in [0.2, 0.25) is 5.02 Å². The van der Waals surface area contributed by atoms with E-state index in [-0.39, 0.29) is 18.6 Å². The Morgan fingerprint density at radius 3 is 2.36 bits per heavy atom. The molecule has 0 saturated heterocycles. The first-order valence-corrected chi connectivity index (χ1v) is 20.5. The zero-order valence-electron chi connectivity index (χ0n) is 34.2. The highest BCUT2D eigenvalue weighted by Gasteiger charge is 2.32. The number of rotatable bonds is 14.